The molecule has 0 aliphatic rings. The second-order valence-corrected chi connectivity index (χ2v) is 18.3. The molecule has 1 atom stereocenters. The van der Waals surface area contributed by atoms with Crippen LogP contribution in [0.2, 0.25) is 0 Å². The number of esters is 2. The molecule has 0 saturated carbocycles. The maximum absolute atomic E-state index is 12.3. The molecule has 0 aromatic rings. The van der Waals surface area contributed by atoms with Crippen molar-refractivity contribution in [3.63, 3.8) is 0 Å². The highest BCUT2D eigenvalue weighted by molar-refractivity contribution is 5.70. The number of unbranched alkanes of at least 4 members (excludes halogenated alkanes) is 22. The van der Waals surface area contributed by atoms with Crippen LogP contribution >= 0.6 is 0 Å². The molecule has 0 aromatic carbocycles. The van der Waals surface area contributed by atoms with Crippen molar-refractivity contribution in [1.29, 1.82) is 0 Å². The normalized spacial score (nSPS) is 13.2. The van der Waals surface area contributed by atoms with Crippen LogP contribution in [0.15, 0.2) is 122 Å². The number of aliphatic hydroxyl groups is 1. The lowest BCUT2D eigenvalue weighted by molar-refractivity contribution is -0.161. The van der Waals surface area contributed by atoms with Crippen LogP contribution in [-0.2, 0) is 19.1 Å². The standard InChI is InChI=1S/C63H104O5/c1-3-5-7-9-11-13-15-17-19-21-23-25-27-29-31-33-35-37-39-41-43-45-47-49-51-53-55-57-62(65)67-60-61(59-64)68-63(66)58-56-54-52-50-48-46-44-42-40-38-36-34-32-30-28-26-24-22-20-18-16-14-12-10-8-6-4-2/h6,8,12,14-15,17-18,20-21,23-24,26-27,29-30,32,36,38,42,44,61,64H,3-5,7,9-11,13,16,19,22,25,28,31,33-35,37,39-41,43,45-60H2,1-2H3/b8-6-,14-12-,17-15-,20-18-,23-21-,26-24-,29-27-,32-30-,38-36-,44-42-. The van der Waals surface area contributed by atoms with Gasteiger partial charge in [-0.1, -0.05) is 245 Å². The van der Waals surface area contributed by atoms with Crippen molar-refractivity contribution in [3.8, 4) is 0 Å². The van der Waals surface area contributed by atoms with Crippen molar-refractivity contribution in [2.45, 2.75) is 251 Å². The van der Waals surface area contributed by atoms with E-state index in [0.717, 1.165) is 116 Å². The molecule has 5 heteroatoms. The van der Waals surface area contributed by atoms with E-state index in [1.165, 1.54) is 103 Å². The molecule has 68 heavy (non-hydrogen) atoms. The molecule has 0 aromatic heterocycles. The molecule has 1 unspecified atom stereocenters. The van der Waals surface area contributed by atoms with E-state index in [0.29, 0.717) is 12.8 Å². The maximum Gasteiger partial charge on any atom is 0.306 e. The summed E-state index contributed by atoms with van der Waals surface area (Å²) < 4.78 is 10.7. The summed E-state index contributed by atoms with van der Waals surface area (Å²) in [5.41, 5.74) is 0. The number of allylic oxidation sites excluding steroid dienone is 20. The molecule has 1 N–H and O–H groups in total. The summed E-state index contributed by atoms with van der Waals surface area (Å²) in [6.45, 7) is 4.00. The molecule has 0 spiro atoms. The number of ether oxygens (including phenoxy) is 2. The fourth-order valence-electron chi connectivity index (χ4n) is 7.54. The Hall–Kier alpha value is -3.70. The maximum atomic E-state index is 12.3. The number of carbonyl (C=O) groups excluding carboxylic acids is 2. The van der Waals surface area contributed by atoms with E-state index in [-0.39, 0.29) is 25.2 Å². The van der Waals surface area contributed by atoms with Crippen molar-refractivity contribution >= 4 is 11.9 Å². The van der Waals surface area contributed by atoms with Gasteiger partial charge in [0, 0.05) is 12.8 Å². The average molecular weight is 942 g/mol. The third-order valence-corrected chi connectivity index (χ3v) is 11.7. The van der Waals surface area contributed by atoms with E-state index in [1.807, 2.05) is 0 Å². The Bertz CT molecular complexity index is 1390. The summed E-state index contributed by atoms with van der Waals surface area (Å²) in [7, 11) is 0. The van der Waals surface area contributed by atoms with Gasteiger partial charge in [0.2, 0.25) is 0 Å². The van der Waals surface area contributed by atoms with E-state index in [4.69, 9.17) is 9.47 Å². The number of hydrogen-bond donors (Lipinski definition) is 1. The van der Waals surface area contributed by atoms with Crippen molar-refractivity contribution in [1.82, 2.24) is 0 Å². The summed E-state index contributed by atoms with van der Waals surface area (Å²) in [4.78, 5) is 24.5. The van der Waals surface area contributed by atoms with Gasteiger partial charge in [-0.3, -0.25) is 9.59 Å². The highest BCUT2D eigenvalue weighted by Gasteiger charge is 2.16. The number of rotatable bonds is 50. The average Bonchev–Trinajstić information content (AvgIpc) is 3.34. The van der Waals surface area contributed by atoms with E-state index >= 15 is 0 Å². The van der Waals surface area contributed by atoms with Crippen molar-refractivity contribution in [2.75, 3.05) is 13.2 Å². The zero-order chi connectivity index (χ0) is 49.2. The van der Waals surface area contributed by atoms with Crippen molar-refractivity contribution < 1.29 is 24.2 Å². The molecule has 0 fully saturated rings. The Labute approximate surface area is 420 Å². The molecule has 0 heterocycles. The highest BCUT2D eigenvalue weighted by atomic mass is 16.6. The number of carbonyl (C=O) groups is 2. The van der Waals surface area contributed by atoms with E-state index < -0.39 is 6.10 Å². The summed E-state index contributed by atoms with van der Waals surface area (Å²) in [6, 6.07) is 0. The Morgan fingerprint density at radius 3 is 0.956 bits per heavy atom. The fourth-order valence-corrected chi connectivity index (χ4v) is 7.54. The topological polar surface area (TPSA) is 72.8 Å². The molecule has 0 aliphatic heterocycles. The third-order valence-electron chi connectivity index (χ3n) is 11.7. The highest BCUT2D eigenvalue weighted by Crippen LogP contribution is 2.14. The molecular formula is C63H104O5. The molecular weight excluding hydrogens is 837 g/mol. The largest absolute Gasteiger partial charge is 0.462 e. The summed E-state index contributed by atoms with van der Waals surface area (Å²) in [5, 5.41) is 9.65. The Morgan fingerprint density at radius 1 is 0.353 bits per heavy atom. The second kappa shape index (κ2) is 57.6. The van der Waals surface area contributed by atoms with Crippen LogP contribution in [-0.4, -0.2) is 36.4 Å². The molecule has 0 radical (unpaired) electrons. The van der Waals surface area contributed by atoms with Crippen molar-refractivity contribution in [3.05, 3.63) is 122 Å². The zero-order valence-electron chi connectivity index (χ0n) is 44.1. The Kier molecular flexibility index (Phi) is 54.5. The minimum atomic E-state index is -0.793. The van der Waals surface area contributed by atoms with Gasteiger partial charge in [0.1, 0.15) is 6.61 Å². The van der Waals surface area contributed by atoms with Crippen molar-refractivity contribution in [2.24, 2.45) is 0 Å². The van der Waals surface area contributed by atoms with Crippen LogP contribution in [0.4, 0.5) is 0 Å². The molecule has 5 nitrogen and oxygen atoms in total. The summed E-state index contributed by atoms with van der Waals surface area (Å²) in [6.07, 6.45) is 84.4. The van der Waals surface area contributed by atoms with Crippen LogP contribution in [0, 0.1) is 0 Å². The Balaban J connectivity index is 3.59. The number of aliphatic hydroxyl groups excluding tert-OH is 1. The first-order chi connectivity index (χ1) is 33.6. The van der Waals surface area contributed by atoms with Gasteiger partial charge in [0.05, 0.1) is 6.61 Å². The molecule has 386 valence electrons. The van der Waals surface area contributed by atoms with Gasteiger partial charge in [-0.25, -0.2) is 0 Å². The molecule has 0 bridgehead atoms. The second-order valence-electron chi connectivity index (χ2n) is 18.3. The van der Waals surface area contributed by atoms with Gasteiger partial charge >= 0.3 is 11.9 Å². The van der Waals surface area contributed by atoms with Gasteiger partial charge in [0.15, 0.2) is 6.10 Å². The zero-order valence-corrected chi connectivity index (χ0v) is 44.1. The molecule has 0 saturated heterocycles. The quantitative estimate of drug-likeness (QED) is 0.0374. The molecule has 0 rings (SSSR count). The smallest absolute Gasteiger partial charge is 0.306 e. The monoisotopic (exact) mass is 941 g/mol. The van der Waals surface area contributed by atoms with Gasteiger partial charge in [0.25, 0.3) is 0 Å². The first kappa shape index (κ1) is 64.3. The lowest BCUT2D eigenvalue weighted by atomic mass is 10.0. The van der Waals surface area contributed by atoms with Crippen LogP contribution in [0.3, 0.4) is 0 Å². The van der Waals surface area contributed by atoms with Crippen LogP contribution in [0.1, 0.15) is 245 Å². The van der Waals surface area contributed by atoms with Crippen LogP contribution in [0.5, 0.6) is 0 Å². The first-order valence-electron chi connectivity index (χ1n) is 28.1. The van der Waals surface area contributed by atoms with Crippen LogP contribution < -0.4 is 0 Å². The van der Waals surface area contributed by atoms with Crippen LogP contribution in [0.25, 0.3) is 0 Å². The van der Waals surface area contributed by atoms with E-state index in [1.54, 1.807) is 0 Å². The predicted octanol–water partition coefficient (Wildman–Crippen LogP) is 19.1. The van der Waals surface area contributed by atoms with Gasteiger partial charge in [-0.05, 0) is 109 Å². The van der Waals surface area contributed by atoms with Gasteiger partial charge < -0.3 is 14.6 Å². The van der Waals surface area contributed by atoms with Gasteiger partial charge in [-0.2, -0.15) is 0 Å². The SMILES string of the molecule is CC/C=C\C/C=C\C/C=C\C/C=C\C/C=C\C/C=C\C/C=C\CCCCCCCC(=O)OC(CO)COC(=O)CCCCCCCCCCCCCC/C=C\C/C=C\C/C=C\CCCCCCC. The van der Waals surface area contributed by atoms with Gasteiger partial charge in [-0.15, -0.1) is 0 Å². The number of hydrogen-bond acceptors (Lipinski definition) is 5. The lowest BCUT2D eigenvalue weighted by Gasteiger charge is -2.15. The third kappa shape index (κ3) is 54.9. The summed E-state index contributed by atoms with van der Waals surface area (Å²) >= 11 is 0. The fraction of sp³-hybridized carbons (Fsp3) is 0.651. The minimum absolute atomic E-state index is 0.0820. The minimum Gasteiger partial charge on any atom is -0.462 e. The van der Waals surface area contributed by atoms with E-state index in [9.17, 15) is 14.7 Å². The van der Waals surface area contributed by atoms with E-state index in [2.05, 4.69) is 135 Å². The molecule has 0 amide bonds. The summed E-state index contributed by atoms with van der Waals surface area (Å²) in [5.74, 6) is -0.619. The Morgan fingerprint density at radius 2 is 0.632 bits per heavy atom. The lowest BCUT2D eigenvalue weighted by Crippen LogP contribution is -2.28. The molecule has 0 aliphatic carbocycles. The first-order valence-corrected chi connectivity index (χ1v) is 28.1. The predicted molar refractivity (Wildman–Crippen MR) is 297 cm³/mol.